The van der Waals surface area contributed by atoms with Crippen molar-refractivity contribution in [2.75, 3.05) is 18.0 Å². The van der Waals surface area contributed by atoms with Crippen LogP contribution in [-0.4, -0.2) is 25.0 Å². The van der Waals surface area contributed by atoms with E-state index < -0.39 is 5.91 Å². The summed E-state index contributed by atoms with van der Waals surface area (Å²) >= 11 is 3.50. The van der Waals surface area contributed by atoms with Gasteiger partial charge in [0, 0.05) is 29.2 Å². The molecular weight excluding hydrogens is 294 g/mol. The average molecular weight is 312 g/mol. The van der Waals surface area contributed by atoms with Gasteiger partial charge < -0.3 is 16.4 Å². The van der Waals surface area contributed by atoms with Gasteiger partial charge in [-0.3, -0.25) is 4.79 Å². The number of carbonyl (C=O) groups excluding carboxylic acids is 1. The lowest BCUT2D eigenvalue weighted by Crippen LogP contribution is -2.46. The van der Waals surface area contributed by atoms with Gasteiger partial charge in [0.05, 0.1) is 5.69 Å². The Balaban J connectivity index is 2.25. The molecule has 0 spiro atoms. The number of hydrogen-bond donors (Lipinski definition) is 2. The number of rotatable bonds is 2. The van der Waals surface area contributed by atoms with Crippen molar-refractivity contribution in [1.82, 2.24) is 0 Å². The second kappa shape index (κ2) is 5.28. The number of benzene rings is 1. The summed E-state index contributed by atoms with van der Waals surface area (Å²) in [6, 6.07) is 5.65. The minimum Gasteiger partial charge on any atom is -0.369 e. The van der Waals surface area contributed by atoms with Gasteiger partial charge in [0.25, 0.3) is 0 Å². The molecule has 0 aromatic heterocycles. The highest BCUT2D eigenvalue weighted by Gasteiger charge is 2.23. The van der Waals surface area contributed by atoms with E-state index in [9.17, 15) is 4.79 Å². The lowest BCUT2D eigenvalue weighted by molar-refractivity contribution is 0.1000. The molecule has 0 radical (unpaired) electrons. The van der Waals surface area contributed by atoms with Crippen molar-refractivity contribution in [2.45, 2.75) is 19.4 Å². The third-order valence-corrected chi connectivity index (χ3v) is 3.90. The standard InChI is InChI=1S/C13H18BrN3O/c1-8-4-10(15)7-17(6-8)12-3-2-9(13(16)18)5-11(12)14/h2-3,5,8,10H,4,6-7,15H2,1H3,(H2,16,18). The largest absolute Gasteiger partial charge is 0.369 e. The van der Waals surface area contributed by atoms with Crippen LogP contribution in [0.25, 0.3) is 0 Å². The van der Waals surface area contributed by atoms with Crippen molar-refractivity contribution in [3.8, 4) is 0 Å². The third-order valence-electron chi connectivity index (χ3n) is 3.26. The first-order valence-corrected chi connectivity index (χ1v) is 6.86. The fraction of sp³-hybridized carbons (Fsp3) is 0.462. The summed E-state index contributed by atoms with van der Waals surface area (Å²) in [5.74, 6) is 0.169. The lowest BCUT2D eigenvalue weighted by atomic mass is 9.96. The van der Waals surface area contributed by atoms with Gasteiger partial charge in [-0.1, -0.05) is 6.92 Å². The first-order valence-electron chi connectivity index (χ1n) is 6.07. The summed E-state index contributed by atoms with van der Waals surface area (Å²) in [5, 5.41) is 0. The molecule has 2 rings (SSSR count). The predicted molar refractivity (Wildman–Crippen MR) is 76.6 cm³/mol. The maximum atomic E-state index is 11.1. The highest BCUT2D eigenvalue weighted by atomic mass is 79.9. The Morgan fingerprint density at radius 2 is 2.17 bits per heavy atom. The van der Waals surface area contributed by atoms with Crippen LogP contribution in [0.1, 0.15) is 23.7 Å². The van der Waals surface area contributed by atoms with Gasteiger partial charge in [-0.05, 0) is 46.5 Å². The molecule has 1 aliphatic rings. The number of nitrogens with two attached hydrogens (primary N) is 2. The number of piperidine rings is 1. The Kier molecular flexibility index (Phi) is 3.92. The SMILES string of the molecule is CC1CC(N)CN(c2ccc(C(N)=O)cc2Br)C1. The van der Waals surface area contributed by atoms with Gasteiger partial charge in [-0.15, -0.1) is 0 Å². The molecule has 1 fully saturated rings. The van der Waals surface area contributed by atoms with E-state index in [1.807, 2.05) is 6.07 Å². The van der Waals surface area contributed by atoms with E-state index in [0.29, 0.717) is 11.5 Å². The molecule has 1 aromatic carbocycles. The zero-order valence-electron chi connectivity index (χ0n) is 10.4. The molecule has 1 heterocycles. The van der Waals surface area contributed by atoms with E-state index in [1.54, 1.807) is 12.1 Å². The molecule has 1 amide bonds. The van der Waals surface area contributed by atoms with Gasteiger partial charge >= 0.3 is 0 Å². The molecule has 0 aliphatic carbocycles. The van der Waals surface area contributed by atoms with Crippen molar-refractivity contribution in [3.05, 3.63) is 28.2 Å². The fourth-order valence-corrected chi connectivity index (χ4v) is 3.14. The minimum absolute atomic E-state index is 0.205. The third kappa shape index (κ3) is 2.84. The summed E-state index contributed by atoms with van der Waals surface area (Å²) < 4.78 is 0.889. The monoisotopic (exact) mass is 311 g/mol. The normalized spacial score (nSPS) is 24.1. The average Bonchev–Trinajstić information content (AvgIpc) is 2.27. The van der Waals surface area contributed by atoms with Crippen LogP contribution in [-0.2, 0) is 0 Å². The fourth-order valence-electron chi connectivity index (χ4n) is 2.51. The molecule has 0 saturated carbocycles. The number of carbonyl (C=O) groups is 1. The van der Waals surface area contributed by atoms with Crippen LogP contribution >= 0.6 is 15.9 Å². The first kappa shape index (κ1) is 13.4. The first-order chi connectivity index (χ1) is 8.47. The van der Waals surface area contributed by atoms with Crippen molar-refractivity contribution in [1.29, 1.82) is 0 Å². The van der Waals surface area contributed by atoms with Crippen LogP contribution in [0.4, 0.5) is 5.69 Å². The molecule has 2 unspecified atom stereocenters. The number of nitrogens with zero attached hydrogens (tertiary/aromatic N) is 1. The molecule has 2 atom stereocenters. The number of halogens is 1. The van der Waals surface area contributed by atoms with Gasteiger partial charge in [0.2, 0.25) is 5.91 Å². The summed E-state index contributed by atoms with van der Waals surface area (Å²) in [6.45, 7) is 4.04. The smallest absolute Gasteiger partial charge is 0.248 e. The number of amides is 1. The van der Waals surface area contributed by atoms with Crippen LogP contribution in [0.5, 0.6) is 0 Å². The Morgan fingerprint density at radius 1 is 1.44 bits per heavy atom. The molecule has 5 heteroatoms. The number of hydrogen-bond acceptors (Lipinski definition) is 3. The number of primary amides is 1. The maximum absolute atomic E-state index is 11.1. The lowest BCUT2D eigenvalue weighted by Gasteiger charge is -2.37. The van der Waals surface area contributed by atoms with E-state index in [0.717, 1.165) is 29.7 Å². The Hall–Kier alpha value is -1.07. The topological polar surface area (TPSA) is 72.3 Å². The van der Waals surface area contributed by atoms with E-state index in [1.165, 1.54) is 0 Å². The second-order valence-electron chi connectivity index (χ2n) is 5.04. The van der Waals surface area contributed by atoms with Crippen LogP contribution < -0.4 is 16.4 Å². The zero-order chi connectivity index (χ0) is 13.3. The summed E-state index contributed by atoms with van der Waals surface area (Å²) in [5.41, 5.74) is 12.9. The van der Waals surface area contributed by atoms with Crippen molar-refractivity contribution in [2.24, 2.45) is 17.4 Å². The van der Waals surface area contributed by atoms with E-state index in [2.05, 4.69) is 27.8 Å². The second-order valence-corrected chi connectivity index (χ2v) is 5.89. The van der Waals surface area contributed by atoms with E-state index >= 15 is 0 Å². The number of anilines is 1. The molecule has 4 nitrogen and oxygen atoms in total. The van der Waals surface area contributed by atoms with Crippen molar-refractivity contribution >= 4 is 27.5 Å². The molecule has 18 heavy (non-hydrogen) atoms. The van der Waals surface area contributed by atoms with Crippen molar-refractivity contribution < 1.29 is 4.79 Å². The molecule has 1 saturated heterocycles. The highest BCUT2D eigenvalue weighted by molar-refractivity contribution is 9.10. The van der Waals surface area contributed by atoms with Gasteiger partial charge in [-0.25, -0.2) is 0 Å². The van der Waals surface area contributed by atoms with Crippen LogP contribution in [0.3, 0.4) is 0 Å². The van der Waals surface area contributed by atoms with Crippen LogP contribution in [0.2, 0.25) is 0 Å². The summed E-state index contributed by atoms with van der Waals surface area (Å²) in [6.07, 6.45) is 1.06. The van der Waals surface area contributed by atoms with Crippen LogP contribution in [0, 0.1) is 5.92 Å². The van der Waals surface area contributed by atoms with Crippen molar-refractivity contribution in [3.63, 3.8) is 0 Å². The Bertz CT molecular complexity index is 454. The Morgan fingerprint density at radius 3 is 2.72 bits per heavy atom. The van der Waals surface area contributed by atoms with E-state index in [4.69, 9.17) is 11.5 Å². The molecule has 4 N–H and O–H groups in total. The Labute approximate surface area is 115 Å². The predicted octanol–water partition coefficient (Wildman–Crippen LogP) is 1.72. The molecule has 0 bridgehead atoms. The summed E-state index contributed by atoms with van der Waals surface area (Å²) in [7, 11) is 0. The van der Waals surface area contributed by atoms with Gasteiger partial charge in [0.1, 0.15) is 0 Å². The van der Waals surface area contributed by atoms with E-state index in [-0.39, 0.29) is 6.04 Å². The quantitative estimate of drug-likeness (QED) is 0.873. The van der Waals surface area contributed by atoms with Gasteiger partial charge in [0.15, 0.2) is 0 Å². The van der Waals surface area contributed by atoms with Crippen LogP contribution in [0.15, 0.2) is 22.7 Å². The molecule has 1 aromatic rings. The molecule has 1 aliphatic heterocycles. The highest BCUT2D eigenvalue weighted by Crippen LogP contribution is 2.30. The molecular formula is C13H18BrN3O. The molecule has 98 valence electrons. The minimum atomic E-state index is -0.411. The van der Waals surface area contributed by atoms with Gasteiger partial charge in [-0.2, -0.15) is 0 Å². The maximum Gasteiger partial charge on any atom is 0.248 e. The summed E-state index contributed by atoms with van der Waals surface area (Å²) in [4.78, 5) is 13.4. The zero-order valence-corrected chi connectivity index (χ0v) is 12.0.